The molecule has 0 aliphatic carbocycles. The van der Waals surface area contributed by atoms with E-state index in [1.165, 1.54) is 18.2 Å². The van der Waals surface area contributed by atoms with Gasteiger partial charge in [0.15, 0.2) is 0 Å². The monoisotopic (exact) mass is 770 g/mol. The molecule has 282 valence electrons. The first-order valence-corrected chi connectivity index (χ1v) is 20.5. The second kappa shape index (κ2) is 21.3. The number of phosphoric acid groups is 1. The number of hydrogen-bond donors (Lipinski definition) is 3. The fraction of sp³-hybridized carbons (Fsp3) is 0.500. The minimum absolute atomic E-state index is 0.0486. The standard InChI is InChI=1S/C23H33ClN3O8PS.C11H15NO2/c1-3-5-10-33-36(30,34-11-6-4-2)35-12-9-26-37(31,32)18-7-8-19-20(13-18)22(27(28)29)14-21-23(19)17(15-24)16-25-21;1-2-8-12-11(13)14-9-10-6-4-3-5-7-10/h7-8,13-14,17,25-26H,3-6,9-12,15-16H2,1-2H3;3-7H,2,8-9H2,1H3,(H,12,13). The fourth-order valence-corrected chi connectivity index (χ4v) is 7.50. The lowest BCUT2D eigenvalue weighted by molar-refractivity contribution is -0.383. The van der Waals surface area contributed by atoms with Crippen LogP contribution in [0.25, 0.3) is 10.8 Å². The van der Waals surface area contributed by atoms with Gasteiger partial charge in [0.25, 0.3) is 5.69 Å². The number of rotatable bonds is 20. The molecule has 1 heterocycles. The Bertz CT molecular complexity index is 1720. The van der Waals surface area contributed by atoms with Gasteiger partial charge in [-0.25, -0.2) is 22.5 Å². The highest BCUT2D eigenvalue weighted by atomic mass is 35.5. The maximum absolute atomic E-state index is 13.0. The summed E-state index contributed by atoms with van der Waals surface area (Å²) in [6, 6.07) is 15.3. The number of benzene rings is 3. The number of hydrogen-bond acceptors (Lipinski definition) is 11. The molecule has 1 aliphatic rings. The van der Waals surface area contributed by atoms with Gasteiger partial charge < -0.3 is 15.4 Å². The average Bonchev–Trinajstić information content (AvgIpc) is 3.55. The summed E-state index contributed by atoms with van der Waals surface area (Å²) in [5.41, 5.74) is 2.26. The maximum atomic E-state index is 13.0. The number of phosphoric ester groups is 1. The second-order valence-electron chi connectivity index (χ2n) is 11.6. The highest BCUT2D eigenvalue weighted by Gasteiger charge is 2.30. The van der Waals surface area contributed by atoms with Crippen LogP contribution in [0.1, 0.15) is 69.9 Å². The second-order valence-corrected chi connectivity index (χ2v) is 15.3. The molecule has 1 amide bonds. The van der Waals surface area contributed by atoms with Crippen molar-refractivity contribution in [3.8, 4) is 0 Å². The number of alkyl halides is 1. The van der Waals surface area contributed by atoms with E-state index in [2.05, 4.69) is 15.4 Å². The number of fused-ring (bicyclic) bond motifs is 3. The summed E-state index contributed by atoms with van der Waals surface area (Å²) in [6.45, 7) is 7.40. The zero-order chi connectivity index (χ0) is 37.3. The Labute approximate surface area is 304 Å². The van der Waals surface area contributed by atoms with Gasteiger partial charge in [0.05, 0.1) is 35.0 Å². The first-order valence-electron chi connectivity index (χ1n) is 17.0. The summed E-state index contributed by atoms with van der Waals surface area (Å²) in [4.78, 5) is 22.1. The van der Waals surface area contributed by atoms with E-state index in [1.54, 1.807) is 6.07 Å². The van der Waals surface area contributed by atoms with E-state index in [0.29, 0.717) is 49.5 Å². The number of nitro groups is 1. The third-order valence-electron chi connectivity index (χ3n) is 7.64. The van der Waals surface area contributed by atoms with Crippen LogP contribution in [-0.4, -0.2) is 64.8 Å². The van der Waals surface area contributed by atoms with Gasteiger partial charge in [0.1, 0.15) is 6.61 Å². The van der Waals surface area contributed by atoms with Crippen molar-refractivity contribution < 1.29 is 41.0 Å². The predicted octanol–water partition coefficient (Wildman–Crippen LogP) is 7.86. The molecule has 1 unspecified atom stereocenters. The van der Waals surface area contributed by atoms with Crippen LogP contribution >= 0.6 is 19.4 Å². The third kappa shape index (κ3) is 13.0. The highest BCUT2D eigenvalue weighted by molar-refractivity contribution is 7.89. The van der Waals surface area contributed by atoms with E-state index in [0.717, 1.165) is 30.4 Å². The molecule has 0 saturated carbocycles. The number of sulfonamides is 1. The van der Waals surface area contributed by atoms with E-state index in [9.17, 15) is 27.9 Å². The molecule has 3 N–H and O–H groups in total. The summed E-state index contributed by atoms with van der Waals surface area (Å²) in [7, 11) is -7.88. The number of non-ortho nitro benzene ring substituents is 1. The summed E-state index contributed by atoms with van der Waals surface area (Å²) in [5, 5.41) is 18.3. The van der Waals surface area contributed by atoms with Gasteiger partial charge in [-0.2, -0.15) is 0 Å². The quantitative estimate of drug-likeness (QED) is 0.0334. The molecule has 14 nitrogen and oxygen atoms in total. The number of ether oxygens (including phenoxy) is 1. The fourth-order valence-electron chi connectivity index (χ4n) is 4.95. The summed E-state index contributed by atoms with van der Waals surface area (Å²) in [6.07, 6.45) is 3.59. The lowest BCUT2D eigenvalue weighted by Crippen LogP contribution is -2.27. The van der Waals surface area contributed by atoms with Gasteiger partial charge in [0.2, 0.25) is 10.0 Å². The van der Waals surface area contributed by atoms with Gasteiger partial charge in [-0.15, -0.1) is 11.6 Å². The smallest absolute Gasteiger partial charge is 0.445 e. The Kier molecular flexibility index (Phi) is 17.6. The Morgan fingerprint density at radius 1 is 0.961 bits per heavy atom. The molecule has 0 bridgehead atoms. The molecule has 1 atom stereocenters. The lowest BCUT2D eigenvalue weighted by Gasteiger charge is -2.18. The number of carbonyl (C=O) groups is 1. The van der Waals surface area contributed by atoms with E-state index in [-0.39, 0.29) is 54.3 Å². The number of carbonyl (C=O) groups excluding carboxylic acids is 1. The van der Waals surface area contributed by atoms with Gasteiger partial charge in [-0.05, 0) is 47.9 Å². The van der Waals surface area contributed by atoms with Crippen LogP contribution in [0, 0.1) is 10.1 Å². The van der Waals surface area contributed by atoms with Crippen molar-refractivity contribution >= 4 is 57.7 Å². The molecule has 0 saturated heterocycles. The molecular weight excluding hydrogens is 723 g/mol. The minimum atomic E-state index is -4.05. The Hall–Kier alpha value is -3.30. The van der Waals surface area contributed by atoms with Gasteiger partial charge in [0, 0.05) is 43.2 Å². The number of nitro benzene ring substituents is 1. The molecule has 1 aliphatic heterocycles. The lowest BCUT2D eigenvalue weighted by atomic mass is 9.95. The maximum Gasteiger partial charge on any atom is 0.474 e. The van der Waals surface area contributed by atoms with Gasteiger partial charge >= 0.3 is 13.9 Å². The number of amides is 1. The van der Waals surface area contributed by atoms with Gasteiger partial charge in [-0.1, -0.05) is 70.0 Å². The van der Waals surface area contributed by atoms with Gasteiger partial charge in [-0.3, -0.25) is 23.7 Å². The average molecular weight is 771 g/mol. The van der Waals surface area contributed by atoms with E-state index in [4.69, 9.17) is 29.9 Å². The van der Waals surface area contributed by atoms with Crippen molar-refractivity contribution in [1.29, 1.82) is 0 Å². The zero-order valence-electron chi connectivity index (χ0n) is 29.2. The molecule has 0 fully saturated rings. The molecule has 51 heavy (non-hydrogen) atoms. The SMILES string of the molecule is CCCCOP(=O)(OCCCC)OCCNS(=O)(=O)c1ccc2c3c(cc([N+](=O)[O-])c2c1)NCC3CCl.CCCNC(=O)OCc1ccccc1. The molecule has 0 aromatic heterocycles. The number of halogens is 1. The zero-order valence-corrected chi connectivity index (χ0v) is 31.7. The van der Waals surface area contributed by atoms with Crippen molar-refractivity contribution in [2.75, 3.05) is 50.7 Å². The molecule has 0 radical (unpaired) electrons. The summed E-state index contributed by atoms with van der Waals surface area (Å²) < 4.78 is 62.1. The van der Waals surface area contributed by atoms with Crippen LogP contribution < -0.4 is 15.4 Å². The van der Waals surface area contributed by atoms with E-state index in [1.807, 2.05) is 51.1 Å². The van der Waals surface area contributed by atoms with Crippen LogP contribution in [0.3, 0.4) is 0 Å². The summed E-state index contributed by atoms with van der Waals surface area (Å²) >= 11 is 6.09. The molecule has 3 aromatic carbocycles. The van der Waals surface area contributed by atoms with Crippen molar-refractivity contribution in [2.45, 2.75) is 70.3 Å². The van der Waals surface area contributed by atoms with Crippen LogP contribution in [0.2, 0.25) is 0 Å². The molecule has 4 rings (SSSR count). The topological polar surface area (TPSA) is 184 Å². The van der Waals surface area contributed by atoms with Crippen molar-refractivity contribution in [1.82, 2.24) is 10.0 Å². The molecule has 0 spiro atoms. The Morgan fingerprint density at radius 3 is 2.24 bits per heavy atom. The Morgan fingerprint density at radius 2 is 1.63 bits per heavy atom. The number of anilines is 1. The normalized spacial score (nSPS) is 13.9. The van der Waals surface area contributed by atoms with Crippen LogP contribution in [0.15, 0.2) is 59.5 Å². The van der Waals surface area contributed by atoms with Crippen LogP contribution in [-0.2, 0) is 39.5 Å². The number of alkyl carbamates (subject to hydrolysis) is 1. The first-order chi connectivity index (χ1) is 24.5. The number of nitrogens with one attached hydrogen (secondary N) is 3. The van der Waals surface area contributed by atoms with Crippen LogP contribution in [0.5, 0.6) is 0 Å². The van der Waals surface area contributed by atoms with E-state index < -0.39 is 22.8 Å². The van der Waals surface area contributed by atoms with Crippen LogP contribution in [0.4, 0.5) is 16.2 Å². The predicted molar refractivity (Wildman–Crippen MR) is 198 cm³/mol. The third-order valence-corrected chi connectivity index (χ3v) is 11.0. The highest BCUT2D eigenvalue weighted by Crippen LogP contribution is 2.49. The largest absolute Gasteiger partial charge is 0.474 e. The van der Waals surface area contributed by atoms with E-state index >= 15 is 0 Å². The first kappa shape index (κ1) is 42.1. The van der Waals surface area contributed by atoms with Crippen molar-refractivity contribution in [3.05, 3.63) is 75.8 Å². The molecule has 17 heteroatoms. The molecule has 3 aromatic rings. The molecular formula is C34H48ClN4O10PS. The van der Waals surface area contributed by atoms with Crippen molar-refractivity contribution in [2.24, 2.45) is 0 Å². The summed E-state index contributed by atoms with van der Waals surface area (Å²) in [5.74, 6) is 0.273. The number of unbranched alkanes of at least 4 members (excludes halogenated alkanes) is 2. The van der Waals surface area contributed by atoms with Crippen molar-refractivity contribution in [3.63, 3.8) is 0 Å². The Balaban J connectivity index is 0.000000419. The minimum Gasteiger partial charge on any atom is -0.445 e. The number of nitrogens with zero attached hydrogens (tertiary/aromatic N) is 1.